The van der Waals surface area contributed by atoms with E-state index in [1.165, 1.54) is 0 Å². The summed E-state index contributed by atoms with van der Waals surface area (Å²) in [5.74, 6) is 1.73. The van der Waals surface area contributed by atoms with E-state index in [2.05, 4.69) is 15.5 Å². The van der Waals surface area contributed by atoms with E-state index in [0.29, 0.717) is 11.6 Å². The lowest BCUT2D eigenvalue weighted by molar-refractivity contribution is 0.0995. The Morgan fingerprint density at radius 1 is 1.27 bits per heavy atom. The largest absolute Gasteiger partial charge is 0.496 e. The molecule has 2 N–H and O–H groups in total. The zero-order valence-electron chi connectivity index (χ0n) is 12.2. The molecule has 112 valence electrons. The maximum absolute atomic E-state index is 12.0. The molecule has 1 amide bonds. The number of para-hydroxylation sites is 1. The molecule has 3 aromatic rings. The van der Waals surface area contributed by atoms with Gasteiger partial charge in [0.15, 0.2) is 11.6 Å². The summed E-state index contributed by atoms with van der Waals surface area (Å²) in [4.78, 5) is 12.0. The van der Waals surface area contributed by atoms with Crippen LogP contribution in [0.2, 0.25) is 0 Å². The standard InChI is InChI=1S/C16H15N3O3/c1-10-7-8-14(22-10)16(20)17-15-9-12(18-19-15)11-5-3-4-6-13(11)21-2/h3-9H,1-2H3,(H2,17,18,19,20). The minimum Gasteiger partial charge on any atom is -0.496 e. The highest BCUT2D eigenvalue weighted by atomic mass is 16.5. The van der Waals surface area contributed by atoms with Gasteiger partial charge in [-0.05, 0) is 31.2 Å². The molecule has 0 atom stereocenters. The number of carbonyl (C=O) groups excluding carboxylic acids is 1. The van der Waals surface area contributed by atoms with Crippen LogP contribution in [0.3, 0.4) is 0 Å². The number of nitrogens with zero attached hydrogens (tertiary/aromatic N) is 1. The summed E-state index contributed by atoms with van der Waals surface area (Å²) < 4.78 is 10.6. The van der Waals surface area contributed by atoms with Gasteiger partial charge in [0.1, 0.15) is 11.5 Å². The van der Waals surface area contributed by atoms with Gasteiger partial charge < -0.3 is 14.5 Å². The summed E-state index contributed by atoms with van der Waals surface area (Å²) in [6.07, 6.45) is 0. The summed E-state index contributed by atoms with van der Waals surface area (Å²) in [6.45, 7) is 1.78. The Bertz CT molecular complexity index is 804. The third kappa shape index (κ3) is 2.71. The molecular weight excluding hydrogens is 282 g/mol. The van der Waals surface area contributed by atoms with Crippen molar-refractivity contribution in [3.8, 4) is 17.0 Å². The van der Waals surface area contributed by atoms with Crippen molar-refractivity contribution in [2.75, 3.05) is 12.4 Å². The SMILES string of the molecule is COc1ccccc1-c1cc(NC(=O)c2ccc(C)o2)n[nH]1. The summed E-state index contributed by atoms with van der Waals surface area (Å²) in [5.41, 5.74) is 1.62. The monoisotopic (exact) mass is 297 g/mol. The highest BCUT2D eigenvalue weighted by Crippen LogP contribution is 2.29. The number of aryl methyl sites for hydroxylation is 1. The number of carbonyl (C=O) groups is 1. The Morgan fingerprint density at radius 2 is 2.09 bits per heavy atom. The number of methoxy groups -OCH3 is 1. The zero-order chi connectivity index (χ0) is 15.5. The van der Waals surface area contributed by atoms with Gasteiger partial charge in [-0.1, -0.05) is 12.1 Å². The molecule has 0 unspecified atom stereocenters. The van der Waals surface area contributed by atoms with Crippen LogP contribution in [-0.4, -0.2) is 23.2 Å². The van der Waals surface area contributed by atoms with Crippen LogP contribution in [0.25, 0.3) is 11.3 Å². The number of H-pyrrole nitrogens is 1. The molecule has 6 heteroatoms. The number of amides is 1. The van der Waals surface area contributed by atoms with Crippen LogP contribution in [0.15, 0.2) is 46.9 Å². The summed E-state index contributed by atoms with van der Waals surface area (Å²) >= 11 is 0. The second kappa shape index (κ2) is 5.77. The van der Waals surface area contributed by atoms with Gasteiger partial charge in [0.25, 0.3) is 5.91 Å². The average Bonchev–Trinajstić information content (AvgIpc) is 3.16. The number of ether oxygens (including phenoxy) is 1. The van der Waals surface area contributed by atoms with Gasteiger partial charge in [-0.2, -0.15) is 5.10 Å². The molecule has 3 rings (SSSR count). The van der Waals surface area contributed by atoms with Crippen LogP contribution in [0, 0.1) is 6.92 Å². The Labute approximate surface area is 127 Å². The Balaban J connectivity index is 1.80. The van der Waals surface area contributed by atoms with Crippen molar-refractivity contribution in [1.82, 2.24) is 10.2 Å². The smallest absolute Gasteiger partial charge is 0.292 e. The summed E-state index contributed by atoms with van der Waals surface area (Å²) in [5, 5.41) is 9.65. The van der Waals surface area contributed by atoms with Crippen molar-refractivity contribution < 1.29 is 13.9 Å². The molecular formula is C16H15N3O3. The van der Waals surface area contributed by atoms with Gasteiger partial charge in [0, 0.05) is 11.6 Å². The summed E-state index contributed by atoms with van der Waals surface area (Å²) in [6, 6.07) is 12.7. The number of nitrogens with one attached hydrogen (secondary N) is 2. The van der Waals surface area contributed by atoms with Crippen LogP contribution >= 0.6 is 0 Å². The zero-order valence-corrected chi connectivity index (χ0v) is 12.2. The Hall–Kier alpha value is -3.02. The molecule has 0 aliphatic rings. The van der Waals surface area contributed by atoms with E-state index in [1.807, 2.05) is 24.3 Å². The van der Waals surface area contributed by atoms with Crippen LogP contribution in [0.5, 0.6) is 5.75 Å². The molecule has 0 saturated carbocycles. The number of aromatic nitrogens is 2. The lowest BCUT2D eigenvalue weighted by Gasteiger charge is -2.04. The Kier molecular flexibility index (Phi) is 3.65. The molecule has 0 radical (unpaired) electrons. The molecule has 2 heterocycles. The molecule has 1 aromatic carbocycles. The van der Waals surface area contributed by atoms with E-state index < -0.39 is 0 Å². The van der Waals surface area contributed by atoms with Gasteiger partial charge in [-0.25, -0.2) is 0 Å². The third-order valence-corrected chi connectivity index (χ3v) is 3.18. The van der Waals surface area contributed by atoms with Crippen molar-refractivity contribution in [2.24, 2.45) is 0 Å². The fraction of sp³-hybridized carbons (Fsp3) is 0.125. The number of hydrogen-bond acceptors (Lipinski definition) is 4. The maximum atomic E-state index is 12.0. The van der Waals surface area contributed by atoms with Gasteiger partial charge in [-0.3, -0.25) is 9.89 Å². The van der Waals surface area contributed by atoms with Crippen molar-refractivity contribution in [3.05, 3.63) is 54.0 Å². The molecule has 22 heavy (non-hydrogen) atoms. The fourth-order valence-electron chi connectivity index (χ4n) is 2.13. The van der Waals surface area contributed by atoms with Gasteiger partial charge in [-0.15, -0.1) is 0 Å². The number of anilines is 1. The minimum atomic E-state index is -0.342. The number of hydrogen-bond donors (Lipinski definition) is 2. The first-order valence-corrected chi connectivity index (χ1v) is 6.74. The van der Waals surface area contributed by atoms with Crippen molar-refractivity contribution in [1.29, 1.82) is 0 Å². The van der Waals surface area contributed by atoms with E-state index >= 15 is 0 Å². The first kappa shape index (κ1) is 13.9. The van der Waals surface area contributed by atoms with Gasteiger partial charge in [0.05, 0.1) is 12.8 Å². The fourth-order valence-corrected chi connectivity index (χ4v) is 2.13. The van der Waals surface area contributed by atoms with Gasteiger partial charge >= 0.3 is 0 Å². The van der Waals surface area contributed by atoms with E-state index in [1.54, 1.807) is 32.2 Å². The van der Waals surface area contributed by atoms with Crippen molar-refractivity contribution >= 4 is 11.7 Å². The molecule has 0 fully saturated rings. The lowest BCUT2D eigenvalue weighted by Crippen LogP contribution is -2.11. The van der Waals surface area contributed by atoms with Gasteiger partial charge in [0.2, 0.25) is 0 Å². The first-order chi connectivity index (χ1) is 10.7. The van der Waals surface area contributed by atoms with Crippen molar-refractivity contribution in [2.45, 2.75) is 6.92 Å². The predicted molar refractivity (Wildman–Crippen MR) is 82.0 cm³/mol. The van der Waals surface area contributed by atoms with Crippen LogP contribution < -0.4 is 10.1 Å². The van der Waals surface area contributed by atoms with Crippen LogP contribution in [0.4, 0.5) is 5.82 Å². The minimum absolute atomic E-state index is 0.249. The topological polar surface area (TPSA) is 80.2 Å². The van der Waals surface area contributed by atoms with E-state index in [9.17, 15) is 4.79 Å². The molecule has 0 spiro atoms. The number of aromatic amines is 1. The second-order valence-corrected chi connectivity index (χ2v) is 4.73. The molecule has 0 saturated heterocycles. The van der Waals surface area contributed by atoms with Crippen molar-refractivity contribution in [3.63, 3.8) is 0 Å². The average molecular weight is 297 g/mol. The predicted octanol–water partition coefficient (Wildman–Crippen LogP) is 3.24. The summed E-state index contributed by atoms with van der Waals surface area (Å²) in [7, 11) is 1.61. The van der Waals surface area contributed by atoms with Crippen LogP contribution in [-0.2, 0) is 0 Å². The number of rotatable bonds is 4. The van der Waals surface area contributed by atoms with E-state index in [0.717, 1.165) is 17.0 Å². The van der Waals surface area contributed by atoms with Crippen LogP contribution in [0.1, 0.15) is 16.3 Å². The second-order valence-electron chi connectivity index (χ2n) is 4.73. The van der Waals surface area contributed by atoms with E-state index in [-0.39, 0.29) is 11.7 Å². The molecule has 6 nitrogen and oxygen atoms in total. The quantitative estimate of drug-likeness (QED) is 0.774. The third-order valence-electron chi connectivity index (χ3n) is 3.18. The number of furan rings is 1. The van der Waals surface area contributed by atoms with E-state index in [4.69, 9.17) is 9.15 Å². The molecule has 0 bridgehead atoms. The Morgan fingerprint density at radius 3 is 2.82 bits per heavy atom. The molecule has 0 aliphatic heterocycles. The number of benzene rings is 1. The lowest BCUT2D eigenvalue weighted by atomic mass is 10.1. The molecule has 0 aliphatic carbocycles. The highest BCUT2D eigenvalue weighted by molar-refractivity contribution is 6.01. The first-order valence-electron chi connectivity index (χ1n) is 6.74. The highest BCUT2D eigenvalue weighted by Gasteiger charge is 2.13. The maximum Gasteiger partial charge on any atom is 0.292 e. The molecule has 2 aromatic heterocycles. The normalized spacial score (nSPS) is 10.5.